The van der Waals surface area contributed by atoms with Gasteiger partial charge in [0, 0.05) is 0 Å². The van der Waals surface area contributed by atoms with Crippen LogP contribution in [0.2, 0.25) is 0 Å². The number of methoxy groups -OCH3 is 2. The second-order valence-electron chi connectivity index (χ2n) is 3.90. The minimum atomic E-state index is 0.125. The van der Waals surface area contributed by atoms with Crippen LogP contribution in [0.3, 0.4) is 0 Å². The predicted octanol–water partition coefficient (Wildman–Crippen LogP) is 0.00490. The van der Waals surface area contributed by atoms with Crippen LogP contribution < -0.4 is 19.9 Å². The third kappa shape index (κ3) is 2.73. The number of ether oxygens (including phenoxy) is 3. The highest BCUT2D eigenvalue weighted by Gasteiger charge is 2.30. The van der Waals surface area contributed by atoms with Gasteiger partial charge in [0.15, 0.2) is 0 Å². The lowest BCUT2D eigenvalue weighted by atomic mass is 9.82. The van der Waals surface area contributed by atoms with Crippen molar-refractivity contribution in [3.05, 3.63) is 0 Å². The quantitative estimate of drug-likeness (QED) is 0.774. The Morgan fingerprint density at radius 1 is 1.06 bits per heavy atom. The lowest BCUT2D eigenvalue weighted by Gasteiger charge is -2.33. The van der Waals surface area contributed by atoms with Crippen molar-refractivity contribution in [1.82, 2.24) is 15.0 Å². The van der Waals surface area contributed by atoms with Crippen molar-refractivity contribution >= 4 is 0 Å². The standard InChI is InChI=1S/C10H16N4O3/c1-15-8-12-9(16-2)14-10(13-8)17-7-3-6(4-7)5-11/h6-7H,3-5,11H2,1-2H3. The molecule has 1 heterocycles. The van der Waals surface area contributed by atoms with E-state index < -0.39 is 0 Å². The first-order valence-corrected chi connectivity index (χ1v) is 5.46. The molecule has 0 aromatic carbocycles. The molecule has 94 valence electrons. The number of nitrogens with zero attached hydrogens (tertiary/aromatic N) is 3. The Morgan fingerprint density at radius 2 is 1.59 bits per heavy atom. The zero-order chi connectivity index (χ0) is 12.3. The summed E-state index contributed by atoms with van der Waals surface area (Å²) in [5.41, 5.74) is 5.54. The molecule has 7 heteroatoms. The Balaban J connectivity index is 2.00. The highest BCUT2D eigenvalue weighted by Crippen LogP contribution is 2.29. The van der Waals surface area contributed by atoms with Gasteiger partial charge in [0.1, 0.15) is 6.10 Å². The number of nitrogens with two attached hydrogens (primary N) is 1. The summed E-state index contributed by atoms with van der Waals surface area (Å²) in [6, 6.07) is 0.595. The summed E-state index contributed by atoms with van der Waals surface area (Å²) < 4.78 is 15.5. The van der Waals surface area contributed by atoms with Crippen molar-refractivity contribution in [2.75, 3.05) is 20.8 Å². The van der Waals surface area contributed by atoms with E-state index >= 15 is 0 Å². The van der Waals surface area contributed by atoms with Gasteiger partial charge >= 0.3 is 18.0 Å². The first kappa shape index (κ1) is 11.8. The fourth-order valence-electron chi connectivity index (χ4n) is 1.67. The normalized spacial score (nSPS) is 22.8. The second kappa shape index (κ2) is 5.13. The molecule has 0 bridgehead atoms. The van der Waals surface area contributed by atoms with E-state index in [1.165, 1.54) is 14.2 Å². The van der Waals surface area contributed by atoms with Gasteiger partial charge in [-0.1, -0.05) is 0 Å². The Bertz CT molecular complexity index is 360. The number of hydrogen-bond acceptors (Lipinski definition) is 7. The van der Waals surface area contributed by atoms with Gasteiger partial charge in [-0.05, 0) is 25.3 Å². The fraction of sp³-hybridized carbons (Fsp3) is 0.700. The Morgan fingerprint density at radius 3 is 2.06 bits per heavy atom. The molecule has 0 saturated heterocycles. The molecule has 2 rings (SSSR count). The van der Waals surface area contributed by atoms with Crippen molar-refractivity contribution in [1.29, 1.82) is 0 Å². The first-order chi connectivity index (χ1) is 8.25. The Kier molecular flexibility index (Phi) is 3.58. The predicted molar refractivity (Wildman–Crippen MR) is 59.1 cm³/mol. The van der Waals surface area contributed by atoms with E-state index in [2.05, 4.69) is 15.0 Å². The maximum absolute atomic E-state index is 5.59. The van der Waals surface area contributed by atoms with Crippen LogP contribution in [-0.4, -0.2) is 41.8 Å². The Labute approximate surface area is 99.3 Å². The van der Waals surface area contributed by atoms with Crippen LogP contribution in [0.25, 0.3) is 0 Å². The number of aromatic nitrogens is 3. The topological polar surface area (TPSA) is 92.4 Å². The van der Waals surface area contributed by atoms with Crippen LogP contribution in [0.4, 0.5) is 0 Å². The van der Waals surface area contributed by atoms with Gasteiger partial charge in [0.05, 0.1) is 14.2 Å². The van der Waals surface area contributed by atoms with Gasteiger partial charge in [0.2, 0.25) is 0 Å². The van der Waals surface area contributed by atoms with Gasteiger partial charge in [0.25, 0.3) is 0 Å². The maximum Gasteiger partial charge on any atom is 0.326 e. The van der Waals surface area contributed by atoms with Crippen molar-refractivity contribution in [2.45, 2.75) is 18.9 Å². The highest BCUT2D eigenvalue weighted by atomic mass is 16.5. The van der Waals surface area contributed by atoms with Crippen LogP contribution in [0.5, 0.6) is 18.0 Å². The van der Waals surface area contributed by atoms with Gasteiger partial charge in [-0.15, -0.1) is 15.0 Å². The average molecular weight is 240 g/mol. The molecule has 1 aromatic rings. The lowest BCUT2D eigenvalue weighted by Crippen LogP contribution is -2.38. The molecule has 0 unspecified atom stereocenters. The molecule has 17 heavy (non-hydrogen) atoms. The molecule has 1 saturated carbocycles. The molecule has 0 radical (unpaired) electrons. The van der Waals surface area contributed by atoms with Crippen LogP contribution in [-0.2, 0) is 0 Å². The van der Waals surface area contributed by atoms with Crippen molar-refractivity contribution in [2.24, 2.45) is 11.7 Å². The summed E-state index contributed by atoms with van der Waals surface area (Å²) in [5.74, 6) is 0.547. The molecule has 1 aromatic heterocycles. The van der Waals surface area contributed by atoms with E-state index in [4.69, 9.17) is 19.9 Å². The van der Waals surface area contributed by atoms with Crippen molar-refractivity contribution in [3.63, 3.8) is 0 Å². The van der Waals surface area contributed by atoms with Crippen LogP contribution in [0, 0.1) is 5.92 Å². The minimum absolute atomic E-state index is 0.125. The third-order valence-electron chi connectivity index (χ3n) is 2.74. The van der Waals surface area contributed by atoms with E-state index in [-0.39, 0.29) is 24.1 Å². The second-order valence-corrected chi connectivity index (χ2v) is 3.90. The zero-order valence-corrected chi connectivity index (χ0v) is 9.92. The molecule has 1 aliphatic carbocycles. The highest BCUT2D eigenvalue weighted by molar-refractivity contribution is 5.09. The molecule has 7 nitrogen and oxygen atoms in total. The number of hydrogen-bond donors (Lipinski definition) is 1. The van der Waals surface area contributed by atoms with Crippen molar-refractivity contribution < 1.29 is 14.2 Å². The summed E-state index contributed by atoms with van der Waals surface area (Å²) in [5, 5.41) is 0. The average Bonchev–Trinajstić information content (AvgIpc) is 2.32. The van der Waals surface area contributed by atoms with Gasteiger partial charge in [-0.3, -0.25) is 0 Å². The van der Waals surface area contributed by atoms with E-state index in [1.54, 1.807) is 0 Å². The molecule has 0 amide bonds. The smallest absolute Gasteiger partial charge is 0.326 e. The van der Waals surface area contributed by atoms with Gasteiger partial charge in [-0.2, -0.15) is 0 Å². The largest absolute Gasteiger partial charge is 0.467 e. The molecule has 0 aliphatic heterocycles. The molecular formula is C10H16N4O3. The number of rotatable bonds is 5. The Hall–Kier alpha value is -1.63. The van der Waals surface area contributed by atoms with E-state index in [0.29, 0.717) is 12.5 Å². The summed E-state index contributed by atoms with van der Waals surface area (Å²) in [6.45, 7) is 0.698. The van der Waals surface area contributed by atoms with E-state index in [9.17, 15) is 0 Å². The van der Waals surface area contributed by atoms with Crippen LogP contribution in [0.15, 0.2) is 0 Å². The molecule has 0 spiro atoms. The first-order valence-electron chi connectivity index (χ1n) is 5.46. The van der Waals surface area contributed by atoms with Gasteiger partial charge in [-0.25, -0.2) is 0 Å². The molecule has 1 aliphatic rings. The van der Waals surface area contributed by atoms with Crippen LogP contribution in [0.1, 0.15) is 12.8 Å². The van der Waals surface area contributed by atoms with Crippen LogP contribution >= 0.6 is 0 Å². The SMILES string of the molecule is COc1nc(OC)nc(OC2CC(CN)C2)n1. The monoisotopic (exact) mass is 240 g/mol. The summed E-state index contributed by atoms with van der Waals surface area (Å²) in [7, 11) is 2.96. The fourth-order valence-corrected chi connectivity index (χ4v) is 1.67. The summed E-state index contributed by atoms with van der Waals surface area (Å²) in [4.78, 5) is 11.9. The maximum atomic E-state index is 5.59. The van der Waals surface area contributed by atoms with Gasteiger partial charge < -0.3 is 19.9 Å². The third-order valence-corrected chi connectivity index (χ3v) is 2.74. The van der Waals surface area contributed by atoms with E-state index in [1.807, 2.05) is 0 Å². The minimum Gasteiger partial charge on any atom is -0.467 e. The van der Waals surface area contributed by atoms with Crippen molar-refractivity contribution in [3.8, 4) is 18.0 Å². The van der Waals surface area contributed by atoms with E-state index in [0.717, 1.165) is 12.8 Å². The zero-order valence-electron chi connectivity index (χ0n) is 9.92. The molecular weight excluding hydrogens is 224 g/mol. The lowest BCUT2D eigenvalue weighted by molar-refractivity contribution is 0.0585. The molecule has 0 atom stereocenters. The summed E-state index contributed by atoms with van der Waals surface area (Å²) in [6.07, 6.45) is 2.00. The molecule has 1 fully saturated rings. The summed E-state index contributed by atoms with van der Waals surface area (Å²) >= 11 is 0. The molecule has 2 N–H and O–H groups in total.